The van der Waals surface area contributed by atoms with Crippen molar-refractivity contribution in [3.8, 4) is 0 Å². The summed E-state index contributed by atoms with van der Waals surface area (Å²) >= 11 is 11.6. The molecule has 1 amide bonds. The lowest BCUT2D eigenvalue weighted by Crippen LogP contribution is -2.48. The molecule has 0 heterocycles. The van der Waals surface area contributed by atoms with Crippen LogP contribution in [0.2, 0.25) is 10.0 Å². The average Bonchev–Trinajstić information content (AvgIpc) is 2.11. The van der Waals surface area contributed by atoms with Crippen LogP contribution < -0.4 is 16.2 Å². The van der Waals surface area contributed by atoms with Gasteiger partial charge in [-0.1, -0.05) is 23.2 Å². The fourth-order valence-corrected chi connectivity index (χ4v) is 1.63. The van der Waals surface area contributed by atoms with Gasteiger partial charge in [0.15, 0.2) is 0 Å². The Kier molecular flexibility index (Phi) is 3.98. The van der Waals surface area contributed by atoms with Crippen LogP contribution in [-0.4, -0.2) is 11.9 Å². The van der Waals surface area contributed by atoms with Crippen molar-refractivity contribution in [2.45, 2.75) is 6.92 Å². The van der Waals surface area contributed by atoms with E-state index in [0.29, 0.717) is 15.7 Å². The zero-order chi connectivity index (χ0) is 12.3. The summed E-state index contributed by atoms with van der Waals surface area (Å²) < 4.78 is 0. The molecule has 5 nitrogen and oxygen atoms in total. The van der Waals surface area contributed by atoms with Gasteiger partial charge in [-0.05, 0) is 18.2 Å². The van der Waals surface area contributed by atoms with Gasteiger partial charge in [0.05, 0.1) is 5.69 Å². The molecule has 1 aromatic carbocycles. The molecule has 0 atom stereocenters. The highest BCUT2D eigenvalue weighted by atomic mass is 35.5. The highest BCUT2D eigenvalue weighted by Crippen LogP contribution is 2.24. The lowest BCUT2D eigenvalue weighted by Gasteiger charge is -2.22. The molecule has 0 bridgehead atoms. The molecule has 1 rings (SSSR count). The average molecular weight is 261 g/mol. The molecule has 0 aliphatic rings. The number of rotatable bonds is 1. The molecule has 86 valence electrons. The molecule has 0 saturated carbocycles. The molecule has 7 heteroatoms. The first-order chi connectivity index (χ1) is 7.40. The summed E-state index contributed by atoms with van der Waals surface area (Å²) in [5.41, 5.74) is 7.95. The van der Waals surface area contributed by atoms with Gasteiger partial charge >= 0.3 is 0 Å². The number of nitrogens with one attached hydrogen (secondary N) is 2. The second kappa shape index (κ2) is 5.05. The number of halogens is 2. The Morgan fingerprint density at radius 2 is 1.88 bits per heavy atom. The quantitative estimate of drug-likeness (QED) is 0.409. The minimum atomic E-state index is -0.355. The summed E-state index contributed by atoms with van der Waals surface area (Å²) in [4.78, 5) is 11.3. The molecule has 4 N–H and O–H groups in total. The van der Waals surface area contributed by atoms with E-state index in [1.165, 1.54) is 19.1 Å². The minimum absolute atomic E-state index is 0.339. The molecular weight excluding hydrogens is 251 g/mol. The van der Waals surface area contributed by atoms with Crippen LogP contribution in [0.1, 0.15) is 6.92 Å². The molecule has 0 unspecified atom stereocenters. The van der Waals surface area contributed by atoms with Crippen molar-refractivity contribution in [1.82, 2.24) is 5.43 Å². The Morgan fingerprint density at radius 1 is 1.38 bits per heavy atom. The highest BCUT2D eigenvalue weighted by Gasteiger charge is 2.13. The van der Waals surface area contributed by atoms with Crippen LogP contribution in [-0.2, 0) is 4.79 Å². The predicted molar refractivity (Wildman–Crippen MR) is 64.7 cm³/mol. The van der Waals surface area contributed by atoms with Gasteiger partial charge in [-0.2, -0.15) is 0 Å². The fraction of sp³-hybridized carbons (Fsp3) is 0.111. The first-order valence-electron chi connectivity index (χ1n) is 4.27. The number of benzene rings is 1. The second-order valence-corrected chi connectivity index (χ2v) is 3.88. The van der Waals surface area contributed by atoms with Crippen molar-refractivity contribution >= 4 is 40.8 Å². The highest BCUT2D eigenvalue weighted by molar-refractivity contribution is 6.35. The van der Waals surface area contributed by atoms with E-state index in [9.17, 15) is 4.79 Å². The smallest absolute Gasteiger partial charge is 0.242 e. The van der Waals surface area contributed by atoms with Crippen LogP contribution in [0.3, 0.4) is 0 Å². The molecule has 0 saturated heterocycles. The van der Waals surface area contributed by atoms with Crippen molar-refractivity contribution in [2.24, 2.45) is 5.73 Å². The van der Waals surface area contributed by atoms with E-state index in [1.54, 1.807) is 6.07 Å². The number of hydrazine groups is 1. The van der Waals surface area contributed by atoms with Gasteiger partial charge in [0.2, 0.25) is 11.9 Å². The van der Waals surface area contributed by atoms with Gasteiger partial charge in [-0.3, -0.25) is 15.6 Å². The lowest BCUT2D eigenvalue weighted by molar-refractivity contribution is -0.117. The summed E-state index contributed by atoms with van der Waals surface area (Å²) in [6.07, 6.45) is 0. The van der Waals surface area contributed by atoms with E-state index >= 15 is 0 Å². The summed E-state index contributed by atoms with van der Waals surface area (Å²) in [6.45, 7) is 1.32. The van der Waals surface area contributed by atoms with Gasteiger partial charge in [-0.15, -0.1) is 0 Å². The largest absolute Gasteiger partial charge is 0.369 e. The normalized spacial score (nSPS) is 9.69. The number of amides is 1. The molecule has 1 aromatic rings. The van der Waals surface area contributed by atoms with Crippen molar-refractivity contribution < 1.29 is 4.79 Å². The number of carbonyl (C=O) groups excluding carboxylic acids is 1. The maximum Gasteiger partial charge on any atom is 0.242 e. The minimum Gasteiger partial charge on any atom is -0.369 e. The Labute approximate surface area is 103 Å². The van der Waals surface area contributed by atoms with Crippen molar-refractivity contribution in [3.63, 3.8) is 0 Å². The summed E-state index contributed by atoms with van der Waals surface area (Å²) in [6, 6.07) is 4.61. The number of guanidine groups is 1. The zero-order valence-corrected chi connectivity index (χ0v) is 9.93. The molecular formula is C9H10Cl2N4O. The Morgan fingerprint density at radius 3 is 2.25 bits per heavy atom. The van der Waals surface area contributed by atoms with E-state index < -0.39 is 0 Å². The van der Waals surface area contributed by atoms with E-state index in [4.69, 9.17) is 34.3 Å². The van der Waals surface area contributed by atoms with Crippen LogP contribution in [0.5, 0.6) is 0 Å². The topological polar surface area (TPSA) is 82.2 Å². The summed E-state index contributed by atoms with van der Waals surface area (Å²) in [5.74, 6) is -0.695. The van der Waals surface area contributed by atoms with Crippen molar-refractivity contribution in [2.75, 3.05) is 5.01 Å². The zero-order valence-electron chi connectivity index (χ0n) is 8.42. The molecule has 0 fully saturated rings. The Bertz CT molecular complexity index is 415. The Balaban J connectivity index is 3.10. The van der Waals surface area contributed by atoms with Gasteiger partial charge in [0.1, 0.15) is 0 Å². The fourth-order valence-electron chi connectivity index (χ4n) is 1.11. The molecule has 0 aromatic heterocycles. The Hall–Kier alpha value is -1.46. The molecule has 0 aliphatic heterocycles. The van der Waals surface area contributed by atoms with Crippen LogP contribution in [0.4, 0.5) is 5.69 Å². The molecule has 16 heavy (non-hydrogen) atoms. The molecule has 0 spiro atoms. The number of nitrogens with zero attached hydrogens (tertiary/aromatic N) is 1. The molecule has 0 aliphatic carbocycles. The third-order valence-electron chi connectivity index (χ3n) is 1.65. The maximum atomic E-state index is 11.3. The van der Waals surface area contributed by atoms with Crippen molar-refractivity contribution in [3.05, 3.63) is 28.2 Å². The van der Waals surface area contributed by atoms with E-state index in [-0.39, 0.29) is 11.9 Å². The monoisotopic (exact) mass is 260 g/mol. The molecule has 0 radical (unpaired) electrons. The van der Waals surface area contributed by atoms with Crippen LogP contribution in [0.15, 0.2) is 18.2 Å². The predicted octanol–water partition coefficient (Wildman–Crippen LogP) is 1.74. The number of hydrogen-bond acceptors (Lipinski definition) is 2. The summed E-state index contributed by atoms with van der Waals surface area (Å²) in [5, 5.41) is 8.94. The lowest BCUT2D eigenvalue weighted by atomic mass is 10.3. The first kappa shape index (κ1) is 12.6. The van der Waals surface area contributed by atoms with Gasteiger partial charge < -0.3 is 5.73 Å². The first-order valence-corrected chi connectivity index (χ1v) is 5.03. The number of carbonyl (C=O) groups is 1. The van der Waals surface area contributed by atoms with E-state index in [0.717, 1.165) is 5.01 Å². The third-order valence-corrected chi connectivity index (χ3v) is 2.09. The van der Waals surface area contributed by atoms with Crippen LogP contribution in [0.25, 0.3) is 0 Å². The van der Waals surface area contributed by atoms with Crippen LogP contribution in [0, 0.1) is 5.41 Å². The number of nitrogens with two attached hydrogens (primary N) is 1. The third kappa shape index (κ3) is 3.29. The van der Waals surface area contributed by atoms with Gasteiger partial charge in [0.25, 0.3) is 0 Å². The maximum absolute atomic E-state index is 11.3. The second-order valence-electron chi connectivity index (χ2n) is 3.01. The number of hydrogen-bond donors (Lipinski definition) is 3. The van der Waals surface area contributed by atoms with Crippen LogP contribution >= 0.6 is 23.2 Å². The van der Waals surface area contributed by atoms with Crippen molar-refractivity contribution in [1.29, 1.82) is 5.41 Å². The standard InChI is InChI=1S/C9H10Cl2N4O/c1-5(16)15(14-9(12)13)8-3-6(10)2-7(11)4-8/h2-4H,1H3,(H4,12,13,14). The SMILES string of the molecule is CC(=O)N(NC(=N)N)c1cc(Cl)cc(Cl)c1. The summed E-state index contributed by atoms with van der Waals surface area (Å²) in [7, 11) is 0. The van der Waals surface area contributed by atoms with Gasteiger partial charge in [0, 0.05) is 17.0 Å². The number of anilines is 1. The van der Waals surface area contributed by atoms with E-state index in [2.05, 4.69) is 5.43 Å². The van der Waals surface area contributed by atoms with Gasteiger partial charge in [-0.25, -0.2) is 5.01 Å². The van der Waals surface area contributed by atoms with E-state index in [1.807, 2.05) is 0 Å².